The molecule has 2 atom stereocenters. The Morgan fingerprint density at radius 2 is 1.82 bits per heavy atom. The lowest BCUT2D eigenvalue weighted by Gasteiger charge is -2.50. The zero-order chi connectivity index (χ0) is 11.7. The predicted molar refractivity (Wildman–Crippen MR) is 70.0 cm³/mol. The van der Waals surface area contributed by atoms with Crippen LogP contribution in [0.5, 0.6) is 0 Å². The van der Waals surface area contributed by atoms with E-state index in [0.29, 0.717) is 12.1 Å². The highest BCUT2D eigenvalue weighted by Crippen LogP contribution is 2.26. The fourth-order valence-corrected chi connectivity index (χ4v) is 3.22. The van der Waals surface area contributed by atoms with Gasteiger partial charge in [0.2, 0.25) is 0 Å². The van der Waals surface area contributed by atoms with Crippen molar-refractivity contribution in [1.29, 1.82) is 0 Å². The van der Waals surface area contributed by atoms with E-state index in [4.69, 9.17) is 0 Å². The van der Waals surface area contributed by atoms with E-state index in [2.05, 4.69) is 52.5 Å². The van der Waals surface area contributed by atoms with Crippen molar-refractivity contribution in [3.63, 3.8) is 0 Å². The fourth-order valence-electron chi connectivity index (χ4n) is 3.22. The van der Waals surface area contributed by atoms with E-state index in [1.54, 1.807) is 0 Å². The lowest BCUT2D eigenvalue weighted by atomic mass is 9.94. The van der Waals surface area contributed by atoms with Crippen molar-refractivity contribution in [2.45, 2.75) is 12.1 Å². The van der Waals surface area contributed by atoms with Gasteiger partial charge in [0, 0.05) is 44.8 Å². The molecule has 1 N–H and O–H groups in total. The first-order chi connectivity index (χ1) is 8.38. The van der Waals surface area contributed by atoms with Crippen molar-refractivity contribution in [2.24, 2.45) is 0 Å². The molecule has 1 aromatic rings. The number of benzene rings is 1. The lowest BCUT2D eigenvalue weighted by molar-refractivity contribution is -0.00254. The molecule has 92 valence electrons. The van der Waals surface area contributed by atoms with Crippen LogP contribution in [0.3, 0.4) is 0 Å². The summed E-state index contributed by atoms with van der Waals surface area (Å²) < 4.78 is 0. The van der Waals surface area contributed by atoms with Gasteiger partial charge in [-0.25, -0.2) is 0 Å². The molecule has 1 aromatic carbocycles. The highest BCUT2D eigenvalue weighted by Gasteiger charge is 2.36. The first-order valence-corrected chi connectivity index (χ1v) is 6.57. The molecule has 3 aliphatic rings. The molecule has 0 radical (unpaired) electrons. The van der Waals surface area contributed by atoms with Gasteiger partial charge in [0.05, 0.1) is 0 Å². The number of nitrogens with zero attached hydrogens (tertiary/aromatic N) is 2. The minimum atomic E-state index is 0.458. The summed E-state index contributed by atoms with van der Waals surface area (Å²) in [4.78, 5) is 5.24. The van der Waals surface area contributed by atoms with Crippen molar-refractivity contribution >= 4 is 0 Å². The Morgan fingerprint density at radius 1 is 1.12 bits per heavy atom. The topological polar surface area (TPSA) is 18.5 Å². The summed E-state index contributed by atoms with van der Waals surface area (Å²) >= 11 is 0. The van der Waals surface area contributed by atoms with E-state index in [9.17, 15) is 0 Å². The number of hydrogen-bond acceptors (Lipinski definition) is 3. The minimum absolute atomic E-state index is 0.458. The molecule has 3 aliphatic heterocycles. The molecule has 0 aliphatic carbocycles. The predicted octanol–water partition coefficient (Wildman–Crippen LogP) is 0.947. The van der Waals surface area contributed by atoms with Crippen LogP contribution in [-0.2, 0) is 0 Å². The average molecular weight is 231 g/mol. The first kappa shape index (κ1) is 11.2. The number of piperazine rings is 3. The van der Waals surface area contributed by atoms with Gasteiger partial charge >= 0.3 is 0 Å². The van der Waals surface area contributed by atoms with Crippen LogP contribution >= 0.6 is 0 Å². The standard InChI is InChI=1S/C14H21N3/c1-15-14(12-5-3-2-4-6-12)13-11-16-7-9-17(13)10-8-16/h2-6,13-15H,7-11H2,1H3. The summed E-state index contributed by atoms with van der Waals surface area (Å²) in [5, 5.41) is 3.50. The quantitative estimate of drug-likeness (QED) is 0.835. The average Bonchev–Trinajstić information content (AvgIpc) is 2.42. The minimum Gasteiger partial charge on any atom is -0.312 e. The highest BCUT2D eigenvalue weighted by atomic mass is 15.4. The highest BCUT2D eigenvalue weighted by molar-refractivity contribution is 5.21. The van der Waals surface area contributed by atoms with Crippen LogP contribution in [0.2, 0.25) is 0 Å². The molecular formula is C14H21N3. The molecule has 0 saturated carbocycles. The summed E-state index contributed by atoms with van der Waals surface area (Å²) in [6.45, 7) is 6.18. The lowest BCUT2D eigenvalue weighted by Crippen LogP contribution is -2.63. The molecule has 0 aromatic heterocycles. The largest absolute Gasteiger partial charge is 0.312 e. The number of nitrogens with one attached hydrogen (secondary N) is 1. The van der Waals surface area contributed by atoms with Gasteiger partial charge in [-0.1, -0.05) is 30.3 Å². The second-order valence-corrected chi connectivity index (χ2v) is 5.08. The second-order valence-electron chi connectivity index (χ2n) is 5.08. The molecule has 2 unspecified atom stereocenters. The summed E-state index contributed by atoms with van der Waals surface area (Å²) in [5.41, 5.74) is 1.41. The van der Waals surface area contributed by atoms with E-state index in [-0.39, 0.29) is 0 Å². The summed E-state index contributed by atoms with van der Waals surface area (Å²) in [5.74, 6) is 0. The van der Waals surface area contributed by atoms with Gasteiger partial charge < -0.3 is 5.32 Å². The van der Waals surface area contributed by atoms with Gasteiger partial charge in [-0.2, -0.15) is 0 Å². The summed E-state index contributed by atoms with van der Waals surface area (Å²) in [6.07, 6.45) is 0. The van der Waals surface area contributed by atoms with E-state index in [0.717, 1.165) is 0 Å². The first-order valence-electron chi connectivity index (χ1n) is 6.57. The third-order valence-electron chi connectivity index (χ3n) is 4.18. The van der Waals surface area contributed by atoms with Crippen molar-refractivity contribution in [2.75, 3.05) is 39.8 Å². The smallest absolute Gasteiger partial charge is 0.0488 e. The number of hydrogen-bond donors (Lipinski definition) is 1. The molecule has 3 saturated heterocycles. The summed E-state index contributed by atoms with van der Waals surface area (Å²) in [6, 6.07) is 11.9. The zero-order valence-electron chi connectivity index (χ0n) is 10.5. The van der Waals surface area contributed by atoms with Crippen molar-refractivity contribution in [3.05, 3.63) is 35.9 Å². The van der Waals surface area contributed by atoms with Crippen molar-refractivity contribution < 1.29 is 0 Å². The molecule has 3 fully saturated rings. The molecule has 2 bridgehead atoms. The van der Waals surface area contributed by atoms with Crippen LogP contribution in [-0.4, -0.2) is 55.6 Å². The maximum absolute atomic E-state index is 3.50. The van der Waals surface area contributed by atoms with Gasteiger partial charge in [0.15, 0.2) is 0 Å². The van der Waals surface area contributed by atoms with Gasteiger partial charge in [-0.05, 0) is 12.6 Å². The van der Waals surface area contributed by atoms with Crippen LogP contribution in [0, 0.1) is 0 Å². The normalized spacial score (nSPS) is 33.6. The molecule has 0 amide bonds. The number of likely N-dealkylation sites (N-methyl/N-ethyl adjacent to an activating group) is 1. The van der Waals surface area contributed by atoms with E-state index < -0.39 is 0 Å². The number of rotatable bonds is 3. The molecule has 3 heterocycles. The molecular weight excluding hydrogens is 210 g/mol. The Kier molecular flexibility index (Phi) is 3.14. The fraction of sp³-hybridized carbons (Fsp3) is 0.571. The van der Waals surface area contributed by atoms with Gasteiger partial charge in [-0.3, -0.25) is 9.80 Å². The van der Waals surface area contributed by atoms with E-state index >= 15 is 0 Å². The van der Waals surface area contributed by atoms with Crippen molar-refractivity contribution in [3.8, 4) is 0 Å². The molecule has 0 spiro atoms. The van der Waals surface area contributed by atoms with Crippen LogP contribution in [0.1, 0.15) is 11.6 Å². The van der Waals surface area contributed by atoms with E-state index in [1.807, 2.05) is 0 Å². The Labute approximate surface area is 103 Å². The summed E-state index contributed by atoms with van der Waals surface area (Å²) in [7, 11) is 2.08. The third-order valence-corrected chi connectivity index (χ3v) is 4.18. The van der Waals surface area contributed by atoms with Gasteiger partial charge in [0.1, 0.15) is 0 Å². The SMILES string of the molecule is CNC(c1ccccc1)C1CN2CCN1CC2. The molecule has 4 rings (SSSR count). The van der Waals surface area contributed by atoms with Crippen LogP contribution in [0.25, 0.3) is 0 Å². The maximum Gasteiger partial charge on any atom is 0.0488 e. The Morgan fingerprint density at radius 3 is 2.35 bits per heavy atom. The zero-order valence-corrected chi connectivity index (χ0v) is 10.5. The second kappa shape index (κ2) is 4.77. The molecule has 3 heteroatoms. The maximum atomic E-state index is 3.50. The Balaban J connectivity index is 1.82. The van der Waals surface area contributed by atoms with Crippen LogP contribution in [0.15, 0.2) is 30.3 Å². The van der Waals surface area contributed by atoms with Crippen LogP contribution in [0.4, 0.5) is 0 Å². The third kappa shape index (κ3) is 2.10. The molecule has 3 nitrogen and oxygen atoms in total. The van der Waals surface area contributed by atoms with Gasteiger partial charge in [0.25, 0.3) is 0 Å². The monoisotopic (exact) mass is 231 g/mol. The van der Waals surface area contributed by atoms with E-state index in [1.165, 1.54) is 38.3 Å². The van der Waals surface area contributed by atoms with Gasteiger partial charge in [-0.15, -0.1) is 0 Å². The Hall–Kier alpha value is -0.900. The Bertz CT molecular complexity index is 357. The van der Waals surface area contributed by atoms with Crippen molar-refractivity contribution in [1.82, 2.24) is 15.1 Å². The molecule has 17 heavy (non-hydrogen) atoms. The number of fused-ring (bicyclic) bond motifs is 3. The van der Waals surface area contributed by atoms with Crippen LogP contribution < -0.4 is 5.32 Å².